The Kier molecular flexibility index (Phi) is 11.6. The number of hydrogen-bond donors (Lipinski definition) is 4. The van der Waals surface area contributed by atoms with Gasteiger partial charge in [-0.15, -0.1) is 35.0 Å². The Morgan fingerprint density at radius 2 is 1.09 bits per heavy atom. The minimum atomic E-state index is 0. The van der Waals surface area contributed by atoms with E-state index in [2.05, 4.69) is 58.7 Å². The number of piperidine rings is 2. The maximum atomic E-state index is 5.61. The number of nitrogens with two attached hydrogens (primary N) is 2. The van der Waals surface area contributed by atoms with E-state index in [1.165, 1.54) is 11.1 Å². The highest BCUT2D eigenvalue weighted by molar-refractivity contribution is 5.85. The van der Waals surface area contributed by atoms with Crippen LogP contribution in [0, 0.1) is 25.7 Å². The van der Waals surface area contributed by atoms with Crippen LogP contribution in [0.4, 0.5) is 11.6 Å². The van der Waals surface area contributed by atoms with E-state index in [1.54, 1.807) is 0 Å². The normalized spacial score (nSPS) is 24.9. The first-order valence-electron chi connectivity index (χ1n) is 11.0. The summed E-state index contributed by atoms with van der Waals surface area (Å²) in [6.07, 6.45) is 2.28. The van der Waals surface area contributed by atoms with Crippen molar-refractivity contribution in [2.24, 2.45) is 11.8 Å². The SMILES string of the molecule is Cc1cc(N)nnc1[C@@H]1CCNC[C@@H]1C.Cc1cc(N)nnc1[C@@H]1CCNC[C@@H]1C.Cl.Cl. The van der Waals surface area contributed by atoms with Gasteiger partial charge in [0.25, 0.3) is 0 Å². The van der Waals surface area contributed by atoms with Gasteiger partial charge >= 0.3 is 0 Å². The van der Waals surface area contributed by atoms with Crippen LogP contribution in [-0.4, -0.2) is 46.6 Å². The molecular formula is C22H38Cl2N8. The predicted molar refractivity (Wildman–Crippen MR) is 136 cm³/mol. The van der Waals surface area contributed by atoms with Crippen LogP contribution in [0.15, 0.2) is 12.1 Å². The Labute approximate surface area is 203 Å². The number of aryl methyl sites for hydroxylation is 2. The van der Waals surface area contributed by atoms with Gasteiger partial charge in [0.15, 0.2) is 0 Å². The molecule has 8 nitrogen and oxygen atoms in total. The fourth-order valence-corrected chi connectivity index (χ4v) is 4.60. The highest BCUT2D eigenvalue weighted by Gasteiger charge is 2.26. The van der Waals surface area contributed by atoms with Gasteiger partial charge in [0.1, 0.15) is 11.6 Å². The third kappa shape index (κ3) is 7.13. The molecule has 10 heteroatoms. The molecule has 2 fully saturated rings. The molecule has 0 saturated carbocycles. The summed E-state index contributed by atoms with van der Waals surface area (Å²) in [5.74, 6) is 3.32. The quantitative estimate of drug-likeness (QED) is 0.511. The van der Waals surface area contributed by atoms with Crippen molar-refractivity contribution in [1.29, 1.82) is 0 Å². The number of rotatable bonds is 2. The molecule has 2 aromatic rings. The summed E-state index contributed by atoms with van der Waals surface area (Å²) in [6, 6.07) is 3.83. The minimum Gasteiger partial charge on any atom is -0.382 e. The highest BCUT2D eigenvalue weighted by Crippen LogP contribution is 2.31. The van der Waals surface area contributed by atoms with Crippen molar-refractivity contribution in [2.45, 2.75) is 52.4 Å². The molecule has 0 radical (unpaired) electrons. The van der Waals surface area contributed by atoms with Crippen LogP contribution in [0.5, 0.6) is 0 Å². The number of anilines is 2. The van der Waals surface area contributed by atoms with Crippen LogP contribution >= 0.6 is 24.8 Å². The van der Waals surface area contributed by atoms with Crippen molar-refractivity contribution in [2.75, 3.05) is 37.6 Å². The molecular weight excluding hydrogens is 447 g/mol. The van der Waals surface area contributed by atoms with Crippen LogP contribution in [0.25, 0.3) is 0 Å². The van der Waals surface area contributed by atoms with E-state index < -0.39 is 0 Å². The maximum Gasteiger partial charge on any atom is 0.146 e. The van der Waals surface area contributed by atoms with Crippen LogP contribution in [-0.2, 0) is 0 Å². The van der Waals surface area contributed by atoms with Gasteiger partial charge in [-0.1, -0.05) is 13.8 Å². The lowest BCUT2D eigenvalue weighted by Crippen LogP contribution is -2.34. The fraction of sp³-hybridized carbons (Fsp3) is 0.636. The first-order valence-corrected chi connectivity index (χ1v) is 11.0. The van der Waals surface area contributed by atoms with Gasteiger partial charge in [-0.25, -0.2) is 0 Å². The third-order valence-electron chi connectivity index (χ3n) is 6.36. The number of halogens is 2. The van der Waals surface area contributed by atoms with E-state index in [-0.39, 0.29) is 24.8 Å². The van der Waals surface area contributed by atoms with E-state index in [1.807, 2.05) is 12.1 Å². The second-order valence-electron chi connectivity index (χ2n) is 8.83. The minimum absolute atomic E-state index is 0. The summed E-state index contributed by atoms with van der Waals surface area (Å²) in [5.41, 5.74) is 15.8. The Morgan fingerprint density at radius 1 is 0.719 bits per heavy atom. The molecule has 0 spiro atoms. The lowest BCUT2D eigenvalue weighted by molar-refractivity contribution is 0.341. The van der Waals surface area contributed by atoms with Crippen LogP contribution in [0.3, 0.4) is 0 Å². The molecule has 0 bridgehead atoms. The first-order chi connectivity index (χ1) is 14.4. The zero-order valence-electron chi connectivity index (χ0n) is 19.5. The highest BCUT2D eigenvalue weighted by atomic mass is 35.5. The van der Waals surface area contributed by atoms with Gasteiger partial charge in [-0.2, -0.15) is 10.2 Å². The molecule has 0 unspecified atom stereocenters. The van der Waals surface area contributed by atoms with Crippen molar-refractivity contribution in [3.05, 3.63) is 34.6 Å². The van der Waals surface area contributed by atoms with Gasteiger partial charge in [-0.3, -0.25) is 0 Å². The molecule has 0 aromatic carbocycles. The van der Waals surface area contributed by atoms with Gasteiger partial charge in [0.2, 0.25) is 0 Å². The topological polar surface area (TPSA) is 128 Å². The van der Waals surface area contributed by atoms with E-state index in [0.29, 0.717) is 35.3 Å². The Bertz CT molecular complexity index is 781. The monoisotopic (exact) mass is 484 g/mol. The smallest absolute Gasteiger partial charge is 0.146 e. The zero-order chi connectivity index (χ0) is 21.7. The van der Waals surface area contributed by atoms with E-state index in [4.69, 9.17) is 11.5 Å². The molecule has 4 atom stereocenters. The molecule has 2 saturated heterocycles. The average Bonchev–Trinajstić information content (AvgIpc) is 2.70. The molecule has 6 N–H and O–H groups in total. The number of hydrogen-bond acceptors (Lipinski definition) is 8. The van der Waals surface area contributed by atoms with E-state index >= 15 is 0 Å². The van der Waals surface area contributed by atoms with Crippen molar-refractivity contribution in [1.82, 2.24) is 31.0 Å². The van der Waals surface area contributed by atoms with Crippen molar-refractivity contribution in [3.8, 4) is 0 Å². The van der Waals surface area contributed by atoms with Crippen LogP contribution in [0.2, 0.25) is 0 Å². The second kappa shape index (κ2) is 13.1. The van der Waals surface area contributed by atoms with Gasteiger partial charge in [-0.05, 0) is 88.0 Å². The van der Waals surface area contributed by atoms with Gasteiger partial charge < -0.3 is 22.1 Å². The molecule has 0 aliphatic carbocycles. The fourth-order valence-electron chi connectivity index (χ4n) is 4.60. The summed E-state index contributed by atoms with van der Waals surface area (Å²) >= 11 is 0. The maximum absolute atomic E-state index is 5.61. The molecule has 180 valence electrons. The second-order valence-corrected chi connectivity index (χ2v) is 8.83. The summed E-state index contributed by atoms with van der Waals surface area (Å²) in [7, 11) is 0. The Morgan fingerprint density at radius 3 is 1.41 bits per heavy atom. The molecule has 4 rings (SSSR count). The summed E-state index contributed by atoms with van der Waals surface area (Å²) in [4.78, 5) is 0. The van der Waals surface area contributed by atoms with Crippen LogP contribution in [0.1, 0.15) is 61.0 Å². The first kappa shape index (κ1) is 28.3. The summed E-state index contributed by atoms with van der Waals surface area (Å²) < 4.78 is 0. The Balaban J connectivity index is 0.000000301. The molecule has 2 aliphatic rings. The van der Waals surface area contributed by atoms with Gasteiger partial charge in [0, 0.05) is 11.8 Å². The molecule has 0 amide bonds. The van der Waals surface area contributed by atoms with Gasteiger partial charge in [0.05, 0.1) is 11.4 Å². The standard InChI is InChI=1S/2C11H18N4.2ClH/c2*1-7-5-10(12)14-15-11(7)9-3-4-13-6-8(9)2;;/h2*5,8-9,13H,3-4,6H2,1-2H3,(H2,12,14);2*1H/t2*8-,9+;;/m00../s1. The largest absolute Gasteiger partial charge is 0.382 e. The molecule has 2 aromatic heterocycles. The molecule has 32 heavy (non-hydrogen) atoms. The lowest BCUT2D eigenvalue weighted by atomic mass is 9.84. The van der Waals surface area contributed by atoms with E-state index in [9.17, 15) is 0 Å². The number of nitrogens with one attached hydrogen (secondary N) is 2. The van der Waals surface area contributed by atoms with Crippen molar-refractivity contribution >= 4 is 36.4 Å². The summed E-state index contributed by atoms with van der Waals surface area (Å²) in [5, 5.41) is 23.2. The van der Waals surface area contributed by atoms with Crippen molar-refractivity contribution in [3.63, 3.8) is 0 Å². The average molecular weight is 486 g/mol. The lowest BCUT2D eigenvalue weighted by Gasteiger charge is -2.29. The summed E-state index contributed by atoms with van der Waals surface area (Å²) in [6.45, 7) is 12.9. The number of nitrogens with zero attached hydrogens (tertiary/aromatic N) is 4. The van der Waals surface area contributed by atoms with Crippen molar-refractivity contribution < 1.29 is 0 Å². The Hall–Kier alpha value is -1.74. The molecule has 4 heterocycles. The van der Waals surface area contributed by atoms with E-state index in [0.717, 1.165) is 50.4 Å². The third-order valence-corrected chi connectivity index (χ3v) is 6.36. The van der Waals surface area contributed by atoms with Crippen LogP contribution < -0.4 is 22.1 Å². The predicted octanol–water partition coefficient (Wildman–Crippen LogP) is 3.00. The number of aromatic nitrogens is 4. The zero-order valence-corrected chi connectivity index (χ0v) is 21.1. The number of nitrogen functional groups attached to an aromatic ring is 2. The molecule has 2 aliphatic heterocycles.